The lowest BCUT2D eigenvalue weighted by atomic mass is 10.1. The van der Waals surface area contributed by atoms with Gasteiger partial charge in [-0.2, -0.15) is 0 Å². The van der Waals surface area contributed by atoms with Gasteiger partial charge in [0.05, 0.1) is 18.7 Å². The minimum Gasteiger partial charge on any atom is -0.391 e. The maximum Gasteiger partial charge on any atom is 0.278 e. The number of aromatic nitrogens is 2. The van der Waals surface area contributed by atoms with Gasteiger partial charge in [-0.3, -0.25) is 14.8 Å². The molecule has 0 amide bonds. The number of aromatic amines is 1. The zero-order chi connectivity index (χ0) is 12.6. The van der Waals surface area contributed by atoms with Gasteiger partial charge in [0, 0.05) is 0 Å². The first-order chi connectivity index (χ1) is 7.99. The highest BCUT2D eigenvalue weighted by molar-refractivity contribution is 4.94. The third-order valence-corrected chi connectivity index (χ3v) is 2.61. The van der Waals surface area contributed by atoms with Crippen LogP contribution in [-0.2, 0) is 0 Å². The van der Waals surface area contributed by atoms with Crippen molar-refractivity contribution in [2.24, 2.45) is 9.98 Å². The first kappa shape index (κ1) is 11.9. The second kappa shape index (κ2) is 4.34. The zero-order valence-corrected chi connectivity index (χ0v) is 9.58. The Kier molecular flexibility index (Phi) is 3.03. The molecule has 92 valence electrons. The van der Waals surface area contributed by atoms with E-state index >= 15 is 0 Å². The molecule has 3 unspecified atom stereocenters. The summed E-state index contributed by atoms with van der Waals surface area (Å²) < 4.78 is 0. The van der Waals surface area contributed by atoms with Crippen LogP contribution in [0, 0.1) is 6.92 Å². The molecule has 7 heteroatoms. The predicted octanol–water partition coefficient (Wildman–Crippen LogP) is -2.56. The smallest absolute Gasteiger partial charge is 0.278 e. The van der Waals surface area contributed by atoms with E-state index in [2.05, 4.69) is 20.0 Å². The maximum absolute atomic E-state index is 11.6. The van der Waals surface area contributed by atoms with Crippen LogP contribution in [-0.4, -0.2) is 45.0 Å². The van der Waals surface area contributed by atoms with Crippen molar-refractivity contribution in [1.29, 1.82) is 0 Å². The second-order valence-electron chi connectivity index (χ2n) is 4.09. The second-order valence-corrected chi connectivity index (χ2v) is 4.09. The number of rotatable bonds is 2. The van der Waals surface area contributed by atoms with Gasteiger partial charge in [-0.1, -0.05) is 0 Å². The minimum atomic E-state index is -1.03. The highest BCUT2D eigenvalue weighted by Crippen LogP contribution is 2.04. The fourth-order valence-electron chi connectivity index (χ4n) is 1.68. The molecule has 3 N–H and O–H groups in total. The molecule has 2 rings (SSSR count). The lowest BCUT2D eigenvalue weighted by molar-refractivity contribution is 0.0160. The van der Waals surface area contributed by atoms with E-state index in [9.17, 15) is 15.0 Å². The molecule has 1 aromatic rings. The number of nitrogens with one attached hydrogen (secondary N) is 1. The van der Waals surface area contributed by atoms with E-state index in [-0.39, 0.29) is 17.5 Å². The molecule has 0 spiro atoms. The van der Waals surface area contributed by atoms with Crippen molar-refractivity contribution in [3.05, 3.63) is 27.0 Å². The maximum atomic E-state index is 11.6. The molecule has 0 bridgehead atoms. The molecule has 1 aliphatic rings. The van der Waals surface area contributed by atoms with E-state index in [1.807, 2.05) is 0 Å². The largest absolute Gasteiger partial charge is 0.391 e. The molecule has 17 heavy (non-hydrogen) atoms. The Hall–Kier alpha value is -1.60. The van der Waals surface area contributed by atoms with E-state index in [0.717, 1.165) is 0 Å². The highest BCUT2D eigenvalue weighted by Gasteiger charge is 2.24. The number of aryl methyl sites for hydroxylation is 1. The molecule has 0 fully saturated rings. The molecule has 0 saturated carbocycles. The van der Waals surface area contributed by atoms with Crippen molar-refractivity contribution in [2.75, 3.05) is 6.54 Å². The lowest BCUT2D eigenvalue weighted by Gasteiger charge is -2.21. The summed E-state index contributed by atoms with van der Waals surface area (Å²) in [4.78, 5) is 26.4. The van der Waals surface area contributed by atoms with Gasteiger partial charge < -0.3 is 15.2 Å². The molecule has 2 heterocycles. The van der Waals surface area contributed by atoms with Crippen molar-refractivity contribution in [3.63, 3.8) is 0 Å². The summed E-state index contributed by atoms with van der Waals surface area (Å²) in [5.41, 5.74) is -0.0842. The Morgan fingerprint density at radius 3 is 2.82 bits per heavy atom. The number of aliphatic hydroxyl groups excluding tert-OH is 2. The minimum absolute atomic E-state index is 0.117. The standard InChI is InChI=1S/C10H14N4O3/c1-4(15)8(16)6-3-11-9-7(14-6)10(17)13-5(2)12-9/h4,6,8,15-16H,3H2,1-2H3,(H,11,12,13,17). The molecule has 7 nitrogen and oxygen atoms in total. The number of fused-ring (bicyclic) bond motifs is 1. The topological polar surface area (TPSA) is 111 Å². The lowest BCUT2D eigenvalue weighted by Crippen LogP contribution is -2.51. The van der Waals surface area contributed by atoms with Crippen molar-refractivity contribution >= 4 is 0 Å². The third-order valence-electron chi connectivity index (χ3n) is 2.61. The number of H-pyrrole nitrogens is 1. The van der Waals surface area contributed by atoms with Crippen molar-refractivity contribution < 1.29 is 10.2 Å². The van der Waals surface area contributed by atoms with Crippen LogP contribution in [0.2, 0.25) is 0 Å². The van der Waals surface area contributed by atoms with Gasteiger partial charge in [0.15, 0.2) is 10.8 Å². The Balaban J connectivity index is 2.51. The van der Waals surface area contributed by atoms with Crippen molar-refractivity contribution in [3.8, 4) is 0 Å². The van der Waals surface area contributed by atoms with E-state index in [4.69, 9.17) is 0 Å². The number of aliphatic hydroxyl groups is 2. The summed E-state index contributed by atoms with van der Waals surface area (Å²) in [6.07, 6.45) is -1.95. The molecule has 1 aromatic heterocycles. The van der Waals surface area contributed by atoms with Crippen LogP contribution in [0.25, 0.3) is 0 Å². The van der Waals surface area contributed by atoms with E-state index in [1.165, 1.54) is 6.92 Å². The summed E-state index contributed by atoms with van der Waals surface area (Å²) in [7, 11) is 0. The third kappa shape index (κ3) is 2.25. The quantitative estimate of drug-likeness (QED) is 0.526. The van der Waals surface area contributed by atoms with Gasteiger partial charge in [0.25, 0.3) is 5.56 Å². The molecule has 0 radical (unpaired) electrons. The van der Waals surface area contributed by atoms with Crippen LogP contribution >= 0.6 is 0 Å². The van der Waals surface area contributed by atoms with Gasteiger partial charge in [-0.05, 0) is 13.8 Å². The van der Waals surface area contributed by atoms with Crippen LogP contribution in [0.4, 0.5) is 0 Å². The van der Waals surface area contributed by atoms with Crippen LogP contribution in [0.5, 0.6) is 0 Å². The molecule has 0 saturated heterocycles. The van der Waals surface area contributed by atoms with Crippen LogP contribution in [0.15, 0.2) is 14.8 Å². The zero-order valence-electron chi connectivity index (χ0n) is 9.58. The van der Waals surface area contributed by atoms with Gasteiger partial charge >= 0.3 is 0 Å². The summed E-state index contributed by atoms with van der Waals surface area (Å²) in [6, 6.07) is -0.604. The molecular weight excluding hydrogens is 224 g/mol. The van der Waals surface area contributed by atoms with Crippen LogP contribution in [0.1, 0.15) is 12.7 Å². The number of nitrogens with zero attached hydrogens (tertiary/aromatic N) is 3. The molecule has 1 aliphatic heterocycles. The fourth-order valence-corrected chi connectivity index (χ4v) is 1.68. The summed E-state index contributed by atoms with van der Waals surface area (Å²) in [6.45, 7) is 3.34. The van der Waals surface area contributed by atoms with E-state index in [1.54, 1.807) is 6.92 Å². The van der Waals surface area contributed by atoms with Gasteiger partial charge in [0.1, 0.15) is 11.9 Å². The monoisotopic (exact) mass is 238 g/mol. The Morgan fingerprint density at radius 2 is 2.18 bits per heavy atom. The number of hydrogen-bond acceptors (Lipinski definition) is 6. The van der Waals surface area contributed by atoms with Crippen LogP contribution < -0.4 is 16.4 Å². The van der Waals surface area contributed by atoms with Crippen molar-refractivity contribution in [1.82, 2.24) is 9.97 Å². The first-order valence-electron chi connectivity index (χ1n) is 5.34. The number of hydrogen-bond donors (Lipinski definition) is 3. The summed E-state index contributed by atoms with van der Waals surface area (Å²) in [5.74, 6) is 0.474. The Labute approximate surface area is 96.6 Å². The van der Waals surface area contributed by atoms with E-state index in [0.29, 0.717) is 11.3 Å². The first-order valence-corrected chi connectivity index (χ1v) is 5.34. The molecule has 3 atom stereocenters. The normalized spacial score (nSPS) is 22.0. The van der Waals surface area contributed by atoms with Gasteiger partial charge in [0.2, 0.25) is 0 Å². The fraction of sp³-hybridized carbons (Fsp3) is 0.600. The highest BCUT2D eigenvalue weighted by atomic mass is 16.3. The average molecular weight is 238 g/mol. The van der Waals surface area contributed by atoms with E-state index < -0.39 is 18.2 Å². The van der Waals surface area contributed by atoms with Gasteiger partial charge in [-0.15, -0.1) is 0 Å². The SMILES string of the molecule is Cc1nc2c(c(=O)[nH]1)=NC(C(O)C(C)O)CN=2. The summed E-state index contributed by atoms with van der Waals surface area (Å²) >= 11 is 0. The summed E-state index contributed by atoms with van der Waals surface area (Å²) in [5, 5.41) is 19.1. The Morgan fingerprint density at radius 1 is 1.47 bits per heavy atom. The molecule has 0 aromatic carbocycles. The van der Waals surface area contributed by atoms with Crippen molar-refractivity contribution in [2.45, 2.75) is 32.1 Å². The van der Waals surface area contributed by atoms with Gasteiger partial charge in [-0.25, -0.2) is 4.98 Å². The molecular formula is C10H14N4O3. The predicted molar refractivity (Wildman–Crippen MR) is 58.2 cm³/mol. The molecule has 0 aliphatic carbocycles. The van der Waals surface area contributed by atoms with Crippen LogP contribution in [0.3, 0.4) is 0 Å². The average Bonchev–Trinajstić information content (AvgIpc) is 2.27. The Bertz CT molecular complexity index is 593.